The Bertz CT molecular complexity index is 786. The molecule has 4 rings (SSSR count). The number of fused-ring (bicyclic) bond motifs is 1. The lowest BCUT2D eigenvalue weighted by molar-refractivity contribution is 0.174. The fraction of sp³-hybridized carbons (Fsp3) is 0.235. The number of hydrogen-bond donors (Lipinski definition) is 1. The van der Waals surface area contributed by atoms with Gasteiger partial charge in [-0.2, -0.15) is 0 Å². The van der Waals surface area contributed by atoms with Crippen LogP contribution in [0.2, 0.25) is 5.02 Å². The molecule has 1 fully saturated rings. The third kappa shape index (κ3) is 2.99. The first-order valence-electron chi connectivity index (χ1n) is 7.55. The second kappa shape index (κ2) is 6.45. The van der Waals surface area contributed by atoms with Crippen molar-refractivity contribution in [2.24, 2.45) is 0 Å². The molecule has 0 unspecified atom stereocenters. The Morgan fingerprint density at radius 3 is 2.96 bits per heavy atom. The fourth-order valence-electron chi connectivity index (χ4n) is 2.78. The highest BCUT2D eigenvalue weighted by Crippen LogP contribution is 2.42. The molecule has 2 aliphatic rings. The Morgan fingerprint density at radius 1 is 1.21 bits per heavy atom. The first-order chi connectivity index (χ1) is 11.7. The molecular weight excluding hydrogens is 348 g/mol. The standard InChI is InChI=1S/C17H15ClN2O3S/c18-12-2-1-3-13(9-12)19-17(21)20-6-7-24-16(20)11-4-5-14-15(8-11)23-10-22-14/h1-5,8-9,16H,6-7,10H2,(H,19,21)/t16-/m1/s1. The van der Waals surface area contributed by atoms with E-state index in [0.29, 0.717) is 17.3 Å². The van der Waals surface area contributed by atoms with Gasteiger partial charge in [0, 0.05) is 23.0 Å². The number of ether oxygens (including phenoxy) is 2. The van der Waals surface area contributed by atoms with Gasteiger partial charge in [-0.25, -0.2) is 4.79 Å². The number of benzene rings is 2. The third-order valence-electron chi connectivity index (χ3n) is 3.91. The van der Waals surface area contributed by atoms with Crippen LogP contribution < -0.4 is 14.8 Å². The molecule has 5 nitrogen and oxygen atoms in total. The summed E-state index contributed by atoms with van der Waals surface area (Å²) >= 11 is 7.71. The van der Waals surface area contributed by atoms with Crippen LogP contribution >= 0.6 is 23.4 Å². The van der Waals surface area contributed by atoms with E-state index in [0.717, 1.165) is 22.8 Å². The summed E-state index contributed by atoms with van der Waals surface area (Å²) in [6.07, 6.45) is 0. The Labute approximate surface area is 148 Å². The van der Waals surface area contributed by atoms with Crippen LogP contribution in [0.15, 0.2) is 42.5 Å². The summed E-state index contributed by atoms with van der Waals surface area (Å²) in [6.45, 7) is 0.936. The lowest BCUT2D eigenvalue weighted by atomic mass is 10.2. The van der Waals surface area contributed by atoms with Crippen LogP contribution in [0.3, 0.4) is 0 Å². The van der Waals surface area contributed by atoms with Crippen molar-refractivity contribution in [1.82, 2.24) is 4.90 Å². The van der Waals surface area contributed by atoms with E-state index in [4.69, 9.17) is 21.1 Å². The van der Waals surface area contributed by atoms with Gasteiger partial charge >= 0.3 is 6.03 Å². The van der Waals surface area contributed by atoms with Crippen molar-refractivity contribution >= 4 is 35.1 Å². The zero-order valence-electron chi connectivity index (χ0n) is 12.7. The van der Waals surface area contributed by atoms with Gasteiger partial charge in [-0.15, -0.1) is 11.8 Å². The molecule has 0 radical (unpaired) electrons. The summed E-state index contributed by atoms with van der Waals surface area (Å²) in [6, 6.07) is 12.8. The molecule has 2 heterocycles. The van der Waals surface area contributed by atoms with Crippen molar-refractivity contribution in [3.05, 3.63) is 53.1 Å². The maximum atomic E-state index is 12.6. The number of halogens is 1. The van der Waals surface area contributed by atoms with Gasteiger partial charge in [0.05, 0.1) is 0 Å². The van der Waals surface area contributed by atoms with Crippen molar-refractivity contribution < 1.29 is 14.3 Å². The number of nitrogens with one attached hydrogen (secondary N) is 1. The van der Waals surface area contributed by atoms with Gasteiger partial charge in [0.2, 0.25) is 6.79 Å². The minimum atomic E-state index is -0.134. The number of carbonyl (C=O) groups excluding carboxylic acids is 1. The van der Waals surface area contributed by atoms with Crippen molar-refractivity contribution in [2.45, 2.75) is 5.37 Å². The van der Waals surface area contributed by atoms with Gasteiger partial charge in [-0.3, -0.25) is 0 Å². The molecule has 0 spiro atoms. The minimum absolute atomic E-state index is 0.0429. The second-order valence-corrected chi connectivity index (χ2v) is 7.09. The molecule has 2 aromatic rings. The van der Waals surface area contributed by atoms with Gasteiger partial charge < -0.3 is 19.7 Å². The summed E-state index contributed by atoms with van der Waals surface area (Å²) in [4.78, 5) is 14.5. The van der Waals surface area contributed by atoms with Crippen LogP contribution in [0.25, 0.3) is 0 Å². The Morgan fingerprint density at radius 2 is 2.08 bits per heavy atom. The Balaban J connectivity index is 1.53. The van der Waals surface area contributed by atoms with Crippen molar-refractivity contribution in [1.29, 1.82) is 0 Å². The van der Waals surface area contributed by atoms with Crippen molar-refractivity contribution in [3.63, 3.8) is 0 Å². The molecule has 1 N–H and O–H groups in total. The summed E-state index contributed by atoms with van der Waals surface area (Å²) in [5.41, 5.74) is 1.72. The summed E-state index contributed by atoms with van der Waals surface area (Å²) in [5, 5.41) is 3.46. The fourth-order valence-corrected chi connectivity index (χ4v) is 4.22. The van der Waals surface area contributed by atoms with Crippen molar-refractivity contribution in [3.8, 4) is 11.5 Å². The molecule has 2 aromatic carbocycles. The molecular formula is C17H15ClN2O3S. The molecule has 0 aromatic heterocycles. The van der Waals surface area contributed by atoms with Crippen LogP contribution in [0.1, 0.15) is 10.9 Å². The predicted octanol–water partition coefficient (Wildman–Crippen LogP) is 4.35. The Hall–Kier alpha value is -2.05. The first kappa shape index (κ1) is 15.5. The van der Waals surface area contributed by atoms with E-state index in [1.807, 2.05) is 35.2 Å². The minimum Gasteiger partial charge on any atom is -0.454 e. The largest absolute Gasteiger partial charge is 0.454 e. The average Bonchev–Trinajstić information content (AvgIpc) is 3.23. The smallest absolute Gasteiger partial charge is 0.323 e. The number of nitrogens with zero attached hydrogens (tertiary/aromatic N) is 1. The molecule has 124 valence electrons. The van der Waals surface area contributed by atoms with Gasteiger partial charge in [-0.1, -0.05) is 23.7 Å². The highest BCUT2D eigenvalue weighted by Gasteiger charge is 2.31. The average molecular weight is 363 g/mol. The maximum absolute atomic E-state index is 12.6. The van der Waals surface area contributed by atoms with Gasteiger partial charge in [0.25, 0.3) is 0 Å². The Kier molecular flexibility index (Phi) is 4.16. The second-order valence-electron chi connectivity index (χ2n) is 5.47. The lowest BCUT2D eigenvalue weighted by Gasteiger charge is -2.24. The lowest BCUT2D eigenvalue weighted by Crippen LogP contribution is -2.34. The van der Waals surface area contributed by atoms with Crippen LogP contribution in [-0.2, 0) is 0 Å². The van der Waals surface area contributed by atoms with E-state index < -0.39 is 0 Å². The number of hydrogen-bond acceptors (Lipinski definition) is 4. The van der Waals surface area contributed by atoms with E-state index in [1.54, 1.807) is 23.9 Å². The number of rotatable bonds is 2. The number of thioether (sulfide) groups is 1. The molecule has 2 aliphatic heterocycles. The molecule has 0 aliphatic carbocycles. The van der Waals surface area contributed by atoms with E-state index in [-0.39, 0.29) is 18.2 Å². The number of carbonyl (C=O) groups is 1. The maximum Gasteiger partial charge on any atom is 0.323 e. The highest BCUT2D eigenvalue weighted by atomic mass is 35.5. The van der Waals surface area contributed by atoms with E-state index in [9.17, 15) is 4.79 Å². The quantitative estimate of drug-likeness (QED) is 0.863. The first-order valence-corrected chi connectivity index (χ1v) is 8.98. The molecule has 1 saturated heterocycles. The third-order valence-corrected chi connectivity index (χ3v) is 5.41. The normalized spacial score (nSPS) is 18.7. The van der Waals surface area contributed by atoms with E-state index >= 15 is 0 Å². The summed E-state index contributed by atoms with van der Waals surface area (Å²) < 4.78 is 10.8. The number of amides is 2. The zero-order valence-corrected chi connectivity index (χ0v) is 14.3. The predicted molar refractivity (Wildman–Crippen MR) is 94.9 cm³/mol. The number of anilines is 1. The topological polar surface area (TPSA) is 50.8 Å². The molecule has 1 atom stereocenters. The molecule has 0 saturated carbocycles. The summed E-state index contributed by atoms with van der Waals surface area (Å²) in [7, 11) is 0. The number of urea groups is 1. The van der Waals surface area contributed by atoms with Crippen LogP contribution in [0.5, 0.6) is 11.5 Å². The van der Waals surface area contributed by atoms with Gasteiger partial charge in [-0.05, 0) is 35.9 Å². The molecule has 24 heavy (non-hydrogen) atoms. The molecule has 2 amide bonds. The van der Waals surface area contributed by atoms with Gasteiger partial charge in [0.15, 0.2) is 11.5 Å². The van der Waals surface area contributed by atoms with Crippen LogP contribution in [-0.4, -0.2) is 30.0 Å². The van der Waals surface area contributed by atoms with E-state index in [2.05, 4.69) is 5.32 Å². The molecule has 0 bridgehead atoms. The van der Waals surface area contributed by atoms with Gasteiger partial charge in [0.1, 0.15) is 5.37 Å². The highest BCUT2D eigenvalue weighted by molar-refractivity contribution is 7.99. The van der Waals surface area contributed by atoms with E-state index in [1.165, 1.54) is 0 Å². The molecule has 7 heteroatoms. The van der Waals surface area contributed by atoms with Crippen molar-refractivity contribution in [2.75, 3.05) is 24.4 Å². The summed E-state index contributed by atoms with van der Waals surface area (Å²) in [5.74, 6) is 2.37. The van der Waals surface area contributed by atoms with Crippen LogP contribution in [0, 0.1) is 0 Å². The zero-order chi connectivity index (χ0) is 16.5. The van der Waals surface area contributed by atoms with Crippen LogP contribution in [0.4, 0.5) is 10.5 Å². The SMILES string of the molecule is O=C(Nc1cccc(Cl)c1)N1CCS[C@@H]1c1ccc2c(c1)OCO2. The monoisotopic (exact) mass is 362 g/mol.